The van der Waals surface area contributed by atoms with Gasteiger partial charge in [0, 0.05) is 31.4 Å². The van der Waals surface area contributed by atoms with E-state index in [1.807, 2.05) is 20.8 Å². The monoisotopic (exact) mass is 414 g/mol. The predicted molar refractivity (Wildman–Crippen MR) is 113 cm³/mol. The van der Waals surface area contributed by atoms with Gasteiger partial charge in [0.25, 0.3) is 11.3 Å². The maximum absolute atomic E-state index is 12.8. The van der Waals surface area contributed by atoms with Crippen molar-refractivity contribution in [1.82, 2.24) is 29.1 Å². The van der Waals surface area contributed by atoms with Crippen LogP contribution in [0, 0.1) is 13.8 Å². The van der Waals surface area contributed by atoms with Crippen molar-refractivity contribution in [3.63, 3.8) is 0 Å². The van der Waals surface area contributed by atoms with Gasteiger partial charge in [0.1, 0.15) is 12.1 Å². The first-order chi connectivity index (χ1) is 14.3. The van der Waals surface area contributed by atoms with Crippen LogP contribution in [0.3, 0.4) is 0 Å². The number of nitrogen functional groups attached to an aromatic ring is 1. The van der Waals surface area contributed by atoms with Gasteiger partial charge in [-0.2, -0.15) is 10.1 Å². The average molecular weight is 414 g/mol. The molecule has 0 fully saturated rings. The highest BCUT2D eigenvalue weighted by Gasteiger charge is 2.21. The fourth-order valence-corrected chi connectivity index (χ4v) is 3.48. The molecule has 0 aliphatic heterocycles. The summed E-state index contributed by atoms with van der Waals surface area (Å²) in [6.07, 6.45) is 3.56. The van der Waals surface area contributed by atoms with Gasteiger partial charge in [-0.3, -0.25) is 19.1 Å². The van der Waals surface area contributed by atoms with Crippen LogP contribution in [0.4, 0.5) is 11.5 Å². The second-order valence-electron chi connectivity index (χ2n) is 7.18. The van der Waals surface area contributed by atoms with E-state index in [4.69, 9.17) is 5.73 Å². The third-order valence-electron chi connectivity index (χ3n) is 5.24. The number of nitrogens with zero attached hydrogens (tertiary/aromatic N) is 6. The molecule has 3 heterocycles. The molecule has 0 saturated carbocycles. The topological polar surface area (TPSA) is 144 Å². The van der Waals surface area contributed by atoms with E-state index in [1.165, 1.54) is 22.8 Å². The second-order valence-corrected chi connectivity index (χ2v) is 7.18. The van der Waals surface area contributed by atoms with Crippen molar-refractivity contribution in [2.75, 3.05) is 17.7 Å². The number of aromatic nitrogens is 6. The number of carbonyl (C=O) groups excluding carboxylic acids is 1. The molecule has 0 spiro atoms. The molecule has 0 aliphatic carbocycles. The Morgan fingerprint density at radius 1 is 1.30 bits per heavy atom. The van der Waals surface area contributed by atoms with Crippen LogP contribution in [0.1, 0.15) is 43.1 Å². The lowest BCUT2D eigenvalue weighted by Crippen LogP contribution is -2.39. The van der Waals surface area contributed by atoms with Gasteiger partial charge in [-0.1, -0.05) is 13.3 Å². The summed E-state index contributed by atoms with van der Waals surface area (Å²) in [5.74, 6) is 0.197. The SMILES string of the molecule is CCCCn1c(N)c(N(C)C(=O)CCc2c(C)nc3ncnn3c2C)c(=O)[nH]c1=O. The Morgan fingerprint density at radius 3 is 2.73 bits per heavy atom. The number of aryl methyl sites for hydroxylation is 2. The molecule has 1 amide bonds. The smallest absolute Gasteiger partial charge is 0.330 e. The first-order valence-electron chi connectivity index (χ1n) is 9.81. The van der Waals surface area contributed by atoms with Crippen LogP contribution in [0.15, 0.2) is 15.9 Å². The molecule has 3 N–H and O–H groups in total. The van der Waals surface area contributed by atoms with Gasteiger partial charge < -0.3 is 10.6 Å². The van der Waals surface area contributed by atoms with Crippen LogP contribution in [-0.4, -0.2) is 42.1 Å². The maximum Gasteiger partial charge on any atom is 0.330 e. The molecule has 11 nitrogen and oxygen atoms in total. The summed E-state index contributed by atoms with van der Waals surface area (Å²) in [5.41, 5.74) is 7.34. The lowest BCUT2D eigenvalue weighted by atomic mass is 10.1. The van der Waals surface area contributed by atoms with Crippen LogP contribution in [-0.2, 0) is 17.8 Å². The number of unbranched alkanes of at least 4 members (excludes halogenated alkanes) is 1. The molecule has 0 aliphatic rings. The minimum Gasteiger partial charge on any atom is -0.383 e. The number of nitrogens with two attached hydrogens (primary N) is 1. The van der Waals surface area contributed by atoms with Crippen LogP contribution >= 0.6 is 0 Å². The predicted octanol–water partition coefficient (Wildman–Crippen LogP) is 0.569. The Kier molecular flexibility index (Phi) is 5.99. The van der Waals surface area contributed by atoms with Gasteiger partial charge in [-0.25, -0.2) is 14.3 Å². The number of carbonyl (C=O) groups is 1. The lowest BCUT2D eigenvalue weighted by Gasteiger charge is -2.20. The van der Waals surface area contributed by atoms with Crippen molar-refractivity contribution in [2.45, 2.75) is 53.0 Å². The molecule has 0 radical (unpaired) electrons. The Balaban J connectivity index is 1.85. The molecular formula is C19H26N8O3. The largest absolute Gasteiger partial charge is 0.383 e. The summed E-state index contributed by atoms with van der Waals surface area (Å²) in [4.78, 5) is 49.2. The molecule has 3 rings (SSSR count). The molecular weight excluding hydrogens is 388 g/mol. The number of rotatable bonds is 7. The van der Waals surface area contributed by atoms with Crippen LogP contribution < -0.4 is 21.9 Å². The molecule has 30 heavy (non-hydrogen) atoms. The summed E-state index contributed by atoms with van der Waals surface area (Å²) in [5, 5.41) is 4.15. The minimum atomic E-state index is -0.681. The molecule has 0 saturated heterocycles. The molecule has 3 aromatic heterocycles. The van der Waals surface area contributed by atoms with Crippen LogP contribution in [0.5, 0.6) is 0 Å². The average Bonchev–Trinajstić information content (AvgIpc) is 3.15. The summed E-state index contributed by atoms with van der Waals surface area (Å²) in [6, 6.07) is 0. The van der Waals surface area contributed by atoms with Crippen molar-refractivity contribution >= 4 is 23.2 Å². The second kappa shape index (κ2) is 8.47. The maximum atomic E-state index is 12.8. The Morgan fingerprint density at radius 2 is 2.03 bits per heavy atom. The van der Waals surface area contributed by atoms with Crippen molar-refractivity contribution in [2.24, 2.45) is 0 Å². The number of hydrogen-bond donors (Lipinski definition) is 2. The number of anilines is 2. The summed E-state index contributed by atoms with van der Waals surface area (Å²) in [7, 11) is 1.48. The lowest BCUT2D eigenvalue weighted by molar-refractivity contribution is -0.118. The van der Waals surface area contributed by atoms with E-state index in [9.17, 15) is 14.4 Å². The summed E-state index contributed by atoms with van der Waals surface area (Å²) >= 11 is 0. The number of hydrogen-bond acceptors (Lipinski definition) is 7. The van der Waals surface area contributed by atoms with Crippen molar-refractivity contribution in [3.05, 3.63) is 44.1 Å². The number of nitrogens with one attached hydrogen (secondary N) is 1. The highest BCUT2D eigenvalue weighted by Crippen LogP contribution is 2.19. The van der Waals surface area contributed by atoms with Crippen LogP contribution in [0.25, 0.3) is 5.78 Å². The van der Waals surface area contributed by atoms with E-state index in [0.29, 0.717) is 18.7 Å². The van der Waals surface area contributed by atoms with E-state index in [1.54, 1.807) is 4.52 Å². The van der Waals surface area contributed by atoms with Gasteiger partial charge in [0.2, 0.25) is 5.91 Å². The highest BCUT2D eigenvalue weighted by molar-refractivity contribution is 5.95. The normalized spacial score (nSPS) is 11.2. The van der Waals surface area contributed by atoms with Crippen molar-refractivity contribution < 1.29 is 4.79 Å². The van der Waals surface area contributed by atoms with E-state index >= 15 is 0 Å². The molecule has 0 bridgehead atoms. The third kappa shape index (κ3) is 3.82. The number of amides is 1. The fourth-order valence-electron chi connectivity index (χ4n) is 3.48. The third-order valence-corrected chi connectivity index (χ3v) is 5.24. The minimum absolute atomic E-state index is 0.00823. The first-order valence-corrected chi connectivity index (χ1v) is 9.81. The standard InChI is InChI=1S/C19H26N8O3/c1-5-6-9-26-16(20)15(17(29)24-19(26)30)25(4)14(28)8-7-13-11(2)23-18-21-10-22-27(18)12(13)3/h10H,5-9,20H2,1-4H3,(H,24,29,30). The van der Waals surface area contributed by atoms with Crippen molar-refractivity contribution in [3.8, 4) is 0 Å². The van der Waals surface area contributed by atoms with Gasteiger partial charge in [0.15, 0.2) is 5.69 Å². The number of fused-ring (bicyclic) bond motifs is 1. The molecule has 160 valence electrons. The van der Waals surface area contributed by atoms with E-state index in [0.717, 1.165) is 29.8 Å². The first kappa shape index (κ1) is 21.2. The summed E-state index contributed by atoms with van der Waals surface area (Å²) in [6.45, 7) is 6.11. The highest BCUT2D eigenvalue weighted by atomic mass is 16.2. The zero-order chi connectivity index (χ0) is 22.0. The Hall–Kier alpha value is -3.50. The molecule has 11 heteroatoms. The van der Waals surface area contributed by atoms with Gasteiger partial charge in [-0.15, -0.1) is 0 Å². The zero-order valence-corrected chi connectivity index (χ0v) is 17.6. The fraction of sp³-hybridized carbons (Fsp3) is 0.474. The molecule has 0 aromatic carbocycles. The Bertz CT molecular complexity index is 1210. The molecule has 3 aromatic rings. The van der Waals surface area contributed by atoms with Gasteiger partial charge in [0.05, 0.1) is 0 Å². The van der Waals surface area contributed by atoms with E-state index < -0.39 is 11.2 Å². The van der Waals surface area contributed by atoms with E-state index in [-0.39, 0.29) is 23.8 Å². The summed E-state index contributed by atoms with van der Waals surface area (Å²) < 4.78 is 2.92. The van der Waals surface area contributed by atoms with Gasteiger partial charge in [-0.05, 0) is 32.3 Å². The Labute approximate surface area is 172 Å². The molecule has 0 atom stereocenters. The van der Waals surface area contributed by atoms with Gasteiger partial charge >= 0.3 is 5.69 Å². The number of aromatic amines is 1. The quantitative estimate of drug-likeness (QED) is 0.575. The van der Waals surface area contributed by atoms with E-state index in [2.05, 4.69) is 20.1 Å². The van der Waals surface area contributed by atoms with Crippen LogP contribution in [0.2, 0.25) is 0 Å². The van der Waals surface area contributed by atoms with Crippen molar-refractivity contribution in [1.29, 1.82) is 0 Å². The molecule has 0 unspecified atom stereocenters. The zero-order valence-electron chi connectivity index (χ0n) is 17.6. The number of H-pyrrole nitrogens is 1.